The third-order valence-corrected chi connectivity index (χ3v) is 5.87. The van der Waals surface area contributed by atoms with Crippen molar-refractivity contribution in [1.82, 2.24) is 4.72 Å². The first kappa shape index (κ1) is 21.2. The summed E-state index contributed by atoms with van der Waals surface area (Å²) in [6.45, 7) is 3.04. The van der Waals surface area contributed by atoms with E-state index >= 15 is 0 Å². The first-order chi connectivity index (χ1) is 13.9. The van der Waals surface area contributed by atoms with Crippen molar-refractivity contribution in [1.29, 1.82) is 0 Å². The van der Waals surface area contributed by atoms with E-state index in [4.69, 9.17) is 9.47 Å². The Balaban J connectivity index is 1.72. The van der Waals surface area contributed by atoms with Crippen molar-refractivity contribution in [3.63, 3.8) is 0 Å². The fourth-order valence-electron chi connectivity index (χ4n) is 2.94. The Labute approximate surface area is 169 Å². The molecule has 7 nitrogen and oxygen atoms in total. The molecular weight excluding hydrogens is 399 g/mol. The highest BCUT2D eigenvalue weighted by Gasteiger charge is 2.24. The van der Waals surface area contributed by atoms with E-state index in [0.717, 1.165) is 25.0 Å². The maximum absolute atomic E-state index is 14.2. The largest absolute Gasteiger partial charge is 0.494 e. The van der Waals surface area contributed by atoms with Crippen LogP contribution in [0.5, 0.6) is 5.75 Å². The second-order valence-electron chi connectivity index (χ2n) is 6.54. The summed E-state index contributed by atoms with van der Waals surface area (Å²) < 4.78 is 52.2. The number of anilines is 1. The van der Waals surface area contributed by atoms with Crippen molar-refractivity contribution in [2.45, 2.75) is 30.8 Å². The van der Waals surface area contributed by atoms with Crippen LogP contribution in [0.15, 0.2) is 47.4 Å². The molecule has 0 aromatic heterocycles. The van der Waals surface area contributed by atoms with Crippen LogP contribution in [0.4, 0.5) is 10.1 Å². The number of carbonyl (C=O) groups excluding carboxylic acids is 1. The normalized spacial score (nSPS) is 16.6. The lowest BCUT2D eigenvalue weighted by Crippen LogP contribution is -2.32. The highest BCUT2D eigenvalue weighted by molar-refractivity contribution is 7.89. The molecule has 9 heteroatoms. The highest BCUT2D eigenvalue weighted by Crippen LogP contribution is 2.20. The second-order valence-corrected chi connectivity index (χ2v) is 8.28. The van der Waals surface area contributed by atoms with Gasteiger partial charge in [0.2, 0.25) is 10.0 Å². The van der Waals surface area contributed by atoms with Crippen molar-refractivity contribution in [3.05, 3.63) is 53.8 Å². The van der Waals surface area contributed by atoms with Crippen molar-refractivity contribution in [3.8, 4) is 5.75 Å². The minimum atomic E-state index is -4.12. The van der Waals surface area contributed by atoms with E-state index in [1.807, 2.05) is 6.92 Å². The molecule has 2 N–H and O–H groups in total. The molecule has 1 saturated heterocycles. The van der Waals surface area contributed by atoms with Gasteiger partial charge in [-0.2, -0.15) is 0 Å². The van der Waals surface area contributed by atoms with Gasteiger partial charge in [0.15, 0.2) is 0 Å². The molecule has 1 atom stereocenters. The lowest BCUT2D eigenvalue weighted by molar-refractivity contribution is 0.102. The molecule has 0 radical (unpaired) electrons. The molecule has 0 unspecified atom stereocenters. The number of nitrogens with one attached hydrogen (secondary N) is 2. The van der Waals surface area contributed by atoms with Crippen LogP contribution in [0, 0.1) is 5.82 Å². The van der Waals surface area contributed by atoms with Crippen LogP contribution >= 0.6 is 0 Å². The van der Waals surface area contributed by atoms with Crippen LogP contribution < -0.4 is 14.8 Å². The van der Waals surface area contributed by atoms with E-state index in [0.29, 0.717) is 24.7 Å². The average Bonchev–Trinajstić information content (AvgIpc) is 3.22. The van der Waals surface area contributed by atoms with Gasteiger partial charge in [0.1, 0.15) is 16.5 Å². The molecule has 29 heavy (non-hydrogen) atoms. The third kappa shape index (κ3) is 5.53. The molecule has 1 aliphatic rings. The molecule has 2 aromatic rings. The number of hydrogen-bond donors (Lipinski definition) is 2. The SMILES string of the molecule is CCOc1ccc(NC(=O)c2ccc(F)c(S(=O)(=O)NC[C@@H]3CCCO3)c2)cc1. The van der Waals surface area contributed by atoms with Gasteiger partial charge in [-0.15, -0.1) is 0 Å². The zero-order valence-electron chi connectivity index (χ0n) is 16.0. The second kappa shape index (κ2) is 9.34. The molecule has 156 valence electrons. The van der Waals surface area contributed by atoms with E-state index in [1.165, 1.54) is 6.07 Å². The minimum absolute atomic E-state index is 0.0257. The molecule has 3 rings (SSSR count). The minimum Gasteiger partial charge on any atom is -0.494 e. The Hall–Kier alpha value is -2.49. The number of sulfonamides is 1. The van der Waals surface area contributed by atoms with Gasteiger partial charge >= 0.3 is 0 Å². The average molecular weight is 422 g/mol. The first-order valence-corrected chi connectivity index (χ1v) is 10.8. The number of hydrogen-bond acceptors (Lipinski definition) is 5. The maximum atomic E-state index is 14.2. The summed E-state index contributed by atoms with van der Waals surface area (Å²) in [6.07, 6.45) is 1.39. The van der Waals surface area contributed by atoms with Crippen LogP contribution in [-0.4, -0.2) is 40.2 Å². The van der Waals surface area contributed by atoms with E-state index in [9.17, 15) is 17.6 Å². The Kier molecular flexibility index (Phi) is 6.83. The first-order valence-electron chi connectivity index (χ1n) is 9.34. The van der Waals surface area contributed by atoms with Gasteiger partial charge < -0.3 is 14.8 Å². The molecule has 0 bridgehead atoms. The van der Waals surface area contributed by atoms with Crippen LogP contribution in [0.1, 0.15) is 30.1 Å². The van der Waals surface area contributed by atoms with Crippen molar-refractivity contribution < 1.29 is 27.1 Å². The molecule has 1 amide bonds. The van der Waals surface area contributed by atoms with Gasteiger partial charge in [-0.3, -0.25) is 4.79 Å². The summed E-state index contributed by atoms with van der Waals surface area (Å²) in [6, 6.07) is 9.95. The maximum Gasteiger partial charge on any atom is 0.255 e. The van der Waals surface area contributed by atoms with E-state index < -0.39 is 26.6 Å². The summed E-state index contributed by atoms with van der Waals surface area (Å²) in [5.74, 6) is -0.815. The molecule has 0 aliphatic carbocycles. The molecular formula is C20H23FN2O5S. The van der Waals surface area contributed by atoms with E-state index in [2.05, 4.69) is 10.0 Å². The number of amides is 1. The Bertz CT molecular complexity index is 957. The number of ether oxygens (including phenoxy) is 2. The Morgan fingerprint density at radius 3 is 2.66 bits per heavy atom. The summed E-state index contributed by atoms with van der Waals surface area (Å²) in [4.78, 5) is 11.9. The molecule has 1 heterocycles. The monoisotopic (exact) mass is 422 g/mol. The van der Waals surface area contributed by atoms with Gasteiger partial charge in [-0.25, -0.2) is 17.5 Å². The third-order valence-electron chi connectivity index (χ3n) is 4.43. The molecule has 1 fully saturated rings. The lowest BCUT2D eigenvalue weighted by Gasteiger charge is -2.13. The summed E-state index contributed by atoms with van der Waals surface area (Å²) in [5.41, 5.74) is 0.529. The van der Waals surface area contributed by atoms with Crippen LogP contribution in [0.3, 0.4) is 0 Å². The summed E-state index contributed by atoms with van der Waals surface area (Å²) in [5, 5.41) is 2.65. The van der Waals surface area contributed by atoms with Crippen molar-refractivity contribution >= 4 is 21.6 Å². The number of carbonyl (C=O) groups is 1. The molecule has 0 spiro atoms. The predicted octanol–water partition coefficient (Wildman–Crippen LogP) is 2.93. The molecule has 2 aromatic carbocycles. The van der Waals surface area contributed by atoms with Crippen LogP contribution in [0.2, 0.25) is 0 Å². The molecule has 0 saturated carbocycles. The Morgan fingerprint density at radius 2 is 2.00 bits per heavy atom. The summed E-state index contributed by atoms with van der Waals surface area (Å²) in [7, 11) is -4.12. The van der Waals surface area contributed by atoms with Gasteiger partial charge in [-0.1, -0.05) is 0 Å². The van der Waals surface area contributed by atoms with Gasteiger partial charge in [-0.05, 0) is 62.2 Å². The quantitative estimate of drug-likeness (QED) is 0.682. The smallest absolute Gasteiger partial charge is 0.255 e. The van der Waals surface area contributed by atoms with Gasteiger partial charge in [0.05, 0.1) is 12.7 Å². The number of benzene rings is 2. The fourth-order valence-corrected chi connectivity index (χ4v) is 4.11. The lowest BCUT2D eigenvalue weighted by atomic mass is 10.2. The van der Waals surface area contributed by atoms with Crippen LogP contribution in [0.25, 0.3) is 0 Å². The van der Waals surface area contributed by atoms with Crippen molar-refractivity contribution in [2.75, 3.05) is 25.1 Å². The highest BCUT2D eigenvalue weighted by atomic mass is 32.2. The predicted molar refractivity (Wildman–Crippen MR) is 106 cm³/mol. The number of rotatable bonds is 8. The van der Waals surface area contributed by atoms with Gasteiger partial charge in [0.25, 0.3) is 5.91 Å². The molecule has 1 aliphatic heterocycles. The van der Waals surface area contributed by atoms with Crippen molar-refractivity contribution in [2.24, 2.45) is 0 Å². The van der Waals surface area contributed by atoms with E-state index in [-0.39, 0.29) is 18.2 Å². The van der Waals surface area contributed by atoms with Crippen LogP contribution in [-0.2, 0) is 14.8 Å². The number of halogens is 1. The Morgan fingerprint density at radius 1 is 1.24 bits per heavy atom. The zero-order chi connectivity index (χ0) is 20.9. The topological polar surface area (TPSA) is 93.7 Å². The standard InChI is InChI=1S/C20H23FN2O5S/c1-2-27-16-8-6-15(7-9-16)23-20(24)14-5-10-18(21)19(12-14)29(25,26)22-13-17-4-3-11-28-17/h5-10,12,17,22H,2-4,11,13H2,1H3,(H,23,24)/t17-/m0/s1. The van der Waals surface area contributed by atoms with Gasteiger partial charge in [0, 0.05) is 24.4 Å². The zero-order valence-corrected chi connectivity index (χ0v) is 16.8. The van der Waals surface area contributed by atoms with E-state index in [1.54, 1.807) is 24.3 Å². The fraction of sp³-hybridized carbons (Fsp3) is 0.350. The summed E-state index contributed by atoms with van der Waals surface area (Å²) >= 11 is 0.